The van der Waals surface area contributed by atoms with E-state index < -0.39 is 5.97 Å². The average molecular weight is 228 g/mol. The van der Waals surface area contributed by atoms with Gasteiger partial charge in [0.25, 0.3) is 0 Å². The van der Waals surface area contributed by atoms with Crippen molar-refractivity contribution < 1.29 is 9.53 Å². The van der Waals surface area contributed by atoms with E-state index in [2.05, 4.69) is 17.4 Å². The summed E-state index contributed by atoms with van der Waals surface area (Å²) in [6.45, 7) is 0. The van der Waals surface area contributed by atoms with Gasteiger partial charge in [-0.2, -0.15) is 5.26 Å². The number of thiol groups is 1. The molecule has 0 atom stereocenters. The highest BCUT2D eigenvalue weighted by atomic mass is 35.5. The van der Waals surface area contributed by atoms with Crippen molar-refractivity contribution in [1.29, 1.82) is 5.26 Å². The summed E-state index contributed by atoms with van der Waals surface area (Å²) in [5.74, 6) is -0.539. The van der Waals surface area contributed by atoms with Crippen molar-refractivity contribution in [2.45, 2.75) is 4.90 Å². The molecule has 0 amide bonds. The Labute approximate surface area is 91.7 Å². The molecule has 72 valence electrons. The highest BCUT2D eigenvalue weighted by molar-refractivity contribution is 7.80. The van der Waals surface area contributed by atoms with Gasteiger partial charge in [0.2, 0.25) is 0 Å². The SMILES string of the molecule is COC(=O)c1ccc(Cl)c(C#N)c1S. The summed E-state index contributed by atoms with van der Waals surface area (Å²) < 4.78 is 4.52. The van der Waals surface area contributed by atoms with Crippen LogP contribution in [0, 0.1) is 11.3 Å². The number of hydrogen-bond donors (Lipinski definition) is 1. The second-order valence-electron chi connectivity index (χ2n) is 2.42. The molecule has 0 radical (unpaired) electrons. The van der Waals surface area contributed by atoms with E-state index in [0.29, 0.717) is 0 Å². The minimum Gasteiger partial charge on any atom is -0.465 e. The molecule has 1 aromatic rings. The van der Waals surface area contributed by atoms with Crippen LogP contribution in [0.15, 0.2) is 17.0 Å². The first-order valence-corrected chi connectivity index (χ1v) is 4.44. The fourth-order valence-corrected chi connectivity index (χ4v) is 1.55. The van der Waals surface area contributed by atoms with Crippen molar-refractivity contribution in [2.75, 3.05) is 7.11 Å². The molecule has 3 nitrogen and oxygen atoms in total. The van der Waals surface area contributed by atoms with Crippen molar-refractivity contribution >= 4 is 30.2 Å². The maximum Gasteiger partial charge on any atom is 0.339 e. The highest BCUT2D eigenvalue weighted by Crippen LogP contribution is 2.26. The lowest BCUT2D eigenvalue weighted by molar-refractivity contribution is 0.0597. The van der Waals surface area contributed by atoms with Gasteiger partial charge >= 0.3 is 5.97 Å². The van der Waals surface area contributed by atoms with Crippen LogP contribution in [0.5, 0.6) is 0 Å². The van der Waals surface area contributed by atoms with Crippen molar-refractivity contribution in [2.24, 2.45) is 0 Å². The van der Waals surface area contributed by atoms with Gasteiger partial charge in [-0.15, -0.1) is 12.6 Å². The van der Waals surface area contributed by atoms with Crippen LogP contribution in [0.2, 0.25) is 5.02 Å². The zero-order valence-corrected chi connectivity index (χ0v) is 8.89. The van der Waals surface area contributed by atoms with Crippen LogP contribution in [0.25, 0.3) is 0 Å². The highest BCUT2D eigenvalue weighted by Gasteiger charge is 2.14. The first-order chi connectivity index (χ1) is 6.61. The van der Waals surface area contributed by atoms with Crippen LogP contribution in [0.3, 0.4) is 0 Å². The van der Waals surface area contributed by atoms with Crippen LogP contribution in [-0.4, -0.2) is 13.1 Å². The van der Waals surface area contributed by atoms with Gasteiger partial charge < -0.3 is 4.74 Å². The van der Waals surface area contributed by atoms with Crippen molar-refractivity contribution in [1.82, 2.24) is 0 Å². The van der Waals surface area contributed by atoms with Crippen LogP contribution in [-0.2, 0) is 4.74 Å². The molecule has 1 rings (SSSR count). The maximum atomic E-state index is 11.2. The van der Waals surface area contributed by atoms with Crippen molar-refractivity contribution in [3.8, 4) is 6.07 Å². The number of ether oxygens (including phenoxy) is 1. The summed E-state index contributed by atoms with van der Waals surface area (Å²) in [5.41, 5.74) is 0.412. The number of carbonyl (C=O) groups excluding carboxylic acids is 1. The number of halogens is 1. The van der Waals surface area contributed by atoms with Crippen LogP contribution in [0.1, 0.15) is 15.9 Å². The van der Waals surface area contributed by atoms with E-state index in [4.69, 9.17) is 16.9 Å². The minimum absolute atomic E-state index is 0.179. The third-order valence-corrected chi connectivity index (χ3v) is 2.42. The summed E-state index contributed by atoms with van der Waals surface area (Å²) in [7, 11) is 1.26. The smallest absolute Gasteiger partial charge is 0.339 e. The Kier molecular flexibility index (Phi) is 3.39. The summed E-state index contributed by atoms with van der Waals surface area (Å²) in [6.07, 6.45) is 0. The molecule has 0 spiro atoms. The third-order valence-electron chi connectivity index (χ3n) is 1.64. The maximum absolute atomic E-state index is 11.2. The van der Waals surface area contributed by atoms with E-state index in [1.165, 1.54) is 19.2 Å². The molecule has 0 fully saturated rings. The van der Waals surface area contributed by atoms with E-state index in [1.807, 2.05) is 6.07 Å². The Hall–Kier alpha value is -1.18. The van der Waals surface area contributed by atoms with Gasteiger partial charge in [-0.3, -0.25) is 0 Å². The quantitative estimate of drug-likeness (QED) is 0.592. The first kappa shape index (κ1) is 10.9. The fraction of sp³-hybridized carbons (Fsp3) is 0.111. The standard InChI is InChI=1S/C9H6ClNO2S/c1-13-9(12)5-2-3-7(10)6(4-11)8(5)14/h2-3,14H,1H3. The average Bonchev–Trinajstić information content (AvgIpc) is 2.18. The Bertz CT molecular complexity index is 426. The molecule has 0 heterocycles. The number of benzene rings is 1. The number of methoxy groups -OCH3 is 1. The Balaban J connectivity index is 3.37. The van der Waals surface area contributed by atoms with Crippen molar-refractivity contribution in [3.63, 3.8) is 0 Å². The minimum atomic E-state index is -0.539. The lowest BCUT2D eigenvalue weighted by Crippen LogP contribution is -2.03. The number of rotatable bonds is 1. The molecule has 0 aliphatic heterocycles. The molecule has 0 aliphatic rings. The second kappa shape index (κ2) is 4.36. The molecule has 0 aliphatic carbocycles. The molecule has 0 saturated heterocycles. The first-order valence-electron chi connectivity index (χ1n) is 3.61. The normalized spacial score (nSPS) is 9.29. The lowest BCUT2D eigenvalue weighted by atomic mass is 10.1. The number of esters is 1. The Morgan fingerprint density at radius 2 is 2.29 bits per heavy atom. The molecule has 1 aromatic carbocycles. The largest absolute Gasteiger partial charge is 0.465 e. The van der Waals surface area contributed by atoms with E-state index in [9.17, 15) is 4.79 Å². The predicted octanol–water partition coefficient (Wildman–Crippen LogP) is 2.29. The molecule has 0 saturated carbocycles. The van der Waals surface area contributed by atoms with Crippen LogP contribution in [0.4, 0.5) is 0 Å². The zero-order valence-electron chi connectivity index (χ0n) is 7.24. The molecular weight excluding hydrogens is 222 g/mol. The topological polar surface area (TPSA) is 50.1 Å². The molecule has 0 unspecified atom stereocenters. The molecule has 5 heteroatoms. The van der Waals surface area contributed by atoms with Crippen molar-refractivity contribution in [3.05, 3.63) is 28.3 Å². The van der Waals surface area contributed by atoms with Gasteiger partial charge in [-0.25, -0.2) is 4.79 Å². The van der Waals surface area contributed by atoms with Crippen LogP contribution < -0.4 is 0 Å². The van der Waals surface area contributed by atoms with E-state index >= 15 is 0 Å². The third kappa shape index (κ3) is 1.84. The van der Waals surface area contributed by atoms with Gasteiger partial charge in [0.1, 0.15) is 6.07 Å². The van der Waals surface area contributed by atoms with Gasteiger partial charge in [0, 0.05) is 4.90 Å². The summed E-state index contributed by atoms with van der Waals surface area (Å²) >= 11 is 9.77. The van der Waals surface area contributed by atoms with Crippen LogP contribution >= 0.6 is 24.2 Å². The summed E-state index contributed by atoms with van der Waals surface area (Å²) in [5, 5.41) is 9.01. The number of carbonyl (C=O) groups is 1. The van der Waals surface area contributed by atoms with Gasteiger partial charge in [0.15, 0.2) is 0 Å². The molecule has 14 heavy (non-hydrogen) atoms. The predicted molar refractivity (Wildman–Crippen MR) is 54.8 cm³/mol. The monoisotopic (exact) mass is 227 g/mol. The number of nitriles is 1. The molecule has 0 bridgehead atoms. The lowest BCUT2D eigenvalue weighted by Gasteiger charge is -2.05. The van der Waals surface area contributed by atoms with Gasteiger partial charge in [-0.05, 0) is 12.1 Å². The molecule has 0 aromatic heterocycles. The summed E-state index contributed by atoms with van der Waals surface area (Å²) in [4.78, 5) is 11.4. The second-order valence-corrected chi connectivity index (χ2v) is 3.28. The van der Waals surface area contributed by atoms with E-state index in [-0.39, 0.29) is 21.0 Å². The fourth-order valence-electron chi connectivity index (χ4n) is 0.948. The van der Waals surface area contributed by atoms with E-state index in [0.717, 1.165) is 0 Å². The Morgan fingerprint density at radius 3 is 2.79 bits per heavy atom. The number of nitrogens with zero attached hydrogens (tertiary/aromatic N) is 1. The molecule has 0 N–H and O–H groups in total. The van der Waals surface area contributed by atoms with Gasteiger partial charge in [0.05, 0.1) is 23.3 Å². The number of hydrogen-bond acceptors (Lipinski definition) is 4. The zero-order chi connectivity index (χ0) is 10.7. The molecular formula is C9H6ClNO2S. The van der Waals surface area contributed by atoms with E-state index in [1.54, 1.807) is 0 Å². The summed E-state index contributed by atoms with van der Waals surface area (Å²) in [6, 6.07) is 4.80. The Morgan fingerprint density at radius 1 is 1.64 bits per heavy atom. The van der Waals surface area contributed by atoms with Gasteiger partial charge in [-0.1, -0.05) is 11.6 Å².